The van der Waals surface area contributed by atoms with E-state index in [1.807, 2.05) is 12.5 Å². The number of carbonyl (C=O) groups is 1. The van der Waals surface area contributed by atoms with E-state index in [1.165, 1.54) is 5.69 Å². The van der Waals surface area contributed by atoms with Gasteiger partial charge in [-0.2, -0.15) is 0 Å². The van der Waals surface area contributed by atoms with Crippen LogP contribution in [0.1, 0.15) is 19.0 Å². The van der Waals surface area contributed by atoms with Gasteiger partial charge in [0.1, 0.15) is 0 Å². The highest BCUT2D eigenvalue weighted by Crippen LogP contribution is 2.13. The van der Waals surface area contributed by atoms with Gasteiger partial charge in [0.25, 0.3) is 0 Å². The number of amides is 1. The molecule has 1 aliphatic heterocycles. The quantitative estimate of drug-likeness (QED) is 0.675. The maximum atomic E-state index is 10.8. The van der Waals surface area contributed by atoms with Crippen molar-refractivity contribution in [2.75, 3.05) is 0 Å². The Hall–Kier alpha value is -1.32. The molecule has 0 bridgehead atoms. The Bertz CT molecular complexity index is 318. The minimum Gasteiger partial charge on any atom is -0.352 e. The van der Waals surface area contributed by atoms with Gasteiger partial charge in [-0.25, -0.2) is 4.98 Å². The molecule has 70 valence electrons. The minimum atomic E-state index is 0.0496. The molecular formula is C9H13N3O. The van der Waals surface area contributed by atoms with Crippen molar-refractivity contribution >= 4 is 5.91 Å². The van der Waals surface area contributed by atoms with E-state index in [-0.39, 0.29) is 11.9 Å². The number of aryl methyl sites for hydroxylation is 1. The Labute approximate surface area is 77.0 Å². The summed E-state index contributed by atoms with van der Waals surface area (Å²) in [6.45, 7) is 2.42. The van der Waals surface area contributed by atoms with Crippen LogP contribution >= 0.6 is 0 Å². The highest BCUT2D eigenvalue weighted by atomic mass is 16.1. The van der Waals surface area contributed by atoms with Crippen LogP contribution in [0.15, 0.2) is 12.5 Å². The Kier molecular flexibility index (Phi) is 2.04. The van der Waals surface area contributed by atoms with Crippen molar-refractivity contribution in [3.63, 3.8) is 0 Å². The van der Waals surface area contributed by atoms with Crippen molar-refractivity contribution < 1.29 is 4.79 Å². The molecule has 2 heterocycles. The summed E-state index contributed by atoms with van der Waals surface area (Å²) in [4.78, 5) is 14.9. The highest BCUT2D eigenvalue weighted by Gasteiger charge is 2.18. The molecule has 0 saturated carbocycles. The first-order chi connectivity index (χ1) is 6.25. The molecule has 0 fully saturated rings. The molecule has 0 saturated heterocycles. The van der Waals surface area contributed by atoms with Crippen molar-refractivity contribution in [1.82, 2.24) is 14.9 Å². The Morgan fingerprint density at radius 3 is 3.38 bits per heavy atom. The maximum absolute atomic E-state index is 10.8. The van der Waals surface area contributed by atoms with Crippen LogP contribution in [-0.2, 0) is 17.8 Å². The summed E-state index contributed by atoms with van der Waals surface area (Å²) in [6, 6.07) is 0.277. The number of fused-ring (bicyclic) bond motifs is 1. The van der Waals surface area contributed by atoms with E-state index >= 15 is 0 Å². The summed E-state index contributed by atoms with van der Waals surface area (Å²) in [7, 11) is 0. The molecule has 1 aromatic heterocycles. The van der Waals surface area contributed by atoms with Crippen molar-refractivity contribution in [2.45, 2.75) is 32.4 Å². The van der Waals surface area contributed by atoms with Gasteiger partial charge in [-0.3, -0.25) is 4.79 Å². The van der Waals surface area contributed by atoms with Crippen LogP contribution in [-0.4, -0.2) is 21.5 Å². The van der Waals surface area contributed by atoms with E-state index in [0.29, 0.717) is 0 Å². The maximum Gasteiger partial charge on any atom is 0.217 e. The molecule has 1 atom stereocenters. The molecule has 0 aliphatic carbocycles. The van der Waals surface area contributed by atoms with Crippen molar-refractivity contribution in [3.05, 3.63) is 18.2 Å². The average molecular weight is 179 g/mol. The van der Waals surface area contributed by atoms with E-state index < -0.39 is 0 Å². The average Bonchev–Trinajstić information content (AvgIpc) is 2.49. The SMILES string of the molecule is CC(=O)NC1CCc2cncn2C1. The van der Waals surface area contributed by atoms with Crippen LogP contribution in [0.25, 0.3) is 0 Å². The van der Waals surface area contributed by atoms with Gasteiger partial charge < -0.3 is 9.88 Å². The number of imidazole rings is 1. The van der Waals surface area contributed by atoms with Crippen molar-refractivity contribution in [2.24, 2.45) is 0 Å². The Balaban J connectivity index is 2.04. The molecule has 0 spiro atoms. The minimum absolute atomic E-state index is 0.0496. The second kappa shape index (κ2) is 3.20. The van der Waals surface area contributed by atoms with Gasteiger partial charge in [-0.1, -0.05) is 0 Å². The van der Waals surface area contributed by atoms with Gasteiger partial charge >= 0.3 is 0 Å². The van der Waals surface area contributed by atoms with Gasteiger partial charge in [-0.05, 0) is 12.8 Å². The molecule has 2 rings (SSSR count). The number of aromatic nitrogens is 2. The molecule has 0 aromatic carbocycles. The van der Waals surface area contributed by atoms with Crippen molar-refractivity contribution in [1.29, 1.82) is 0 Å². The van der Waals surface area contributed by atoms with Crippen molar-refractivity contribution in [3.8, 4) is 0 Å². The van der Waals surface area contributed by atoms with E-state index in [4.69, 9.17) is 0 Å². The van der Waals surface area contributed by atoms with Crippen LogP contribution < -0.4 is 5.32 Å². The van der Waals surface area contributed by atoms with Gasteiger partial charge in [0.15, 0.2) is 0 Å². The molecule has 1 unspecified atom stereocenters. The van der Waals surface area contributed by atoms with E-state index in [0.717, 1.165) is 19.4 Å². The second-order valence-corrected chi connectivity index (χ2v) is 3.47. The Morgan fingerprint density at radius 1 is 1.77 bits per heavy atom. The lowest BCUT2D eigenvalue weighted by atomic mass is 10.1. The third-order valence-electron chi connectivity index (χ3n) is 2.37. The number of nitrogens with zero attached hydrogens (tertiary/aromatic N) is 2. The molecule has 1 aliphatic rings. The highest BCUT2D eigenvalue weighted by molar-refractivity contribution is 5.73. The van der Waals surface area contributed by atoms with Crippen LogP contribution in [0.5, 0.6) is 0 Å². The van der Waals surface area contributed by atoms with Crippen LogP contribution in [0.3, 0.4) is 0 Å². The summed E-state index contributed by atoms with van der Waals surface area (Å²) in [5.74, 6) is 0.0496. The number of hydrogen-bond donors (Lipinski definition) is 1. The number of rotatable bonds is 1. The normalized spacial score (nSPS) is 20.8. The van der Waals surface area contributed by atoms with E-state index in [2.05, 4.69) is 14.9 Å². The Morgan fingerprint density at radius 2 is 2.62 bits per heavy atom. The first kappa shape index (κ1) is 8.29. The summed E-state index contributed by atoms with van der Waals surface area (Å²) >= 11 is 0. The second-order valence-electron chi connectivity index (χ2n) is 3.47. The topological polar surface area (TPSA) is 46.9 Å². The fourth-order valence-corrected chi connectivity index (χ4v) is 1.78. The predicted octanol–water partition coefficient (Wildman–Crippen LogP) is 0.334. The number of hydrogen-bond acceptors (Lipinski definition) is 2. The van der Waals surface area contributed by atoms with Crippen LogP contribution in [0, 0.1) is 0 Å². The lowest BCUT2D eigenvalue weighted by molar-refractivity contribution is -0.119. The molecule has 0 radical (unpaired) electrons. The largest absolute Gasteiger partial charge is 0.352 e. The van der Waals surface area contributed by atoms with Crippen LogP contribution in [0.4, 0.5) is 0 Å². The molecule has 1 aromatic rings. The lowest BCUT2D eigenvalue weighted by Crippen LogP contribution is -2.39. The zero-order chi connectivity index (χ0) is 9.26. The van der Waals surface area contributed by atoms with Gasteiger partial charge in [0, 0.05) is 31.4 Å². The summed E-state index contributed by atoms with van der Waals surface area (Å²) in [6.07, 6.45) is 5.74. The fraction of sp³-hybridized carbons (Fsp3) is 0.556. The standard InChI is InChI=1S/C9H13N3O/c1-7(13)11-8-2-3-9-4-10-6-12(9)5-8/h4,6,8H,2-3,5H2,1H3,(H,11,13). The number of carbonyl (C=O) groups excluding carboxylic acids is 1. The molecular weight excluding hydrogens is 166 g/mol. The summed E-state index contributed by atoms with van der Waals surface area (Å²) in [5, 5.41) is 2.92. The lowest BCUT2D eigenvalue weighted by Gasteiger charge is -2.24. The summed E-state index contributed by atoms with van der Waals surface area (Å²) in [5.41, 5.74) is 1.27. The monoisotopic (exact) mass is 179 g/mol. The third-order valence-corrected chi connectivity index (χ3v) is 2.37. The van der Waals surface area contributed by atoms with Gasteiger partial charge in [0.05, 0.1) is 6.33 Å². The molecule has 1 amide bonds. The van der Waals surface area contributed by atoms with Gasteiger partial charge in [0.2, 0.25) is 5.91 Å². The van der Waals surface area contributed by atoms with Gasteiger partial charge in [-0.15, -0.1) is 0 Å². The zero-order valence-electron chi connectivity index (χ0n) is 7.66. The molecule has 4 nitrogen and oxygen atoms in total. The molecule has 1 N–H and O–H groups in total. The number of nitrogens with one attached hydrogen (secondary N) is 1. The smallest absolute Gasteiger partial charge is 0.217 e. The van der Waals surface area contributed by atoms with E-state index in [9.17, 15) is 4.79 Å². The first-order valence-corrected chi connectivity index (χ1v) is 4.52. The van der Waals surface area contributed by atoms with Crippen LogP contribution in [0.2, 0.25) is 0 Å². The van der Waals surface area contributed by atoms with E-state index in [1.54, 1.807) is 6.92 Å². The fourth-order valence-electron chi connectivity index (χ4n) is 1.78. The third kappa shape index (κ3) is 1.71. The molecule has 4 heteroatoms. The predicted molar refractivity (Wildman–Crippen MR) is 48.2 cm³/mol. The zero-order valence-corrected chi connectivity index (χ0v) is 7.66. The summed E-state index contributed by atoms with van der Waals surface area (Å²) < 4.78 is 2.10. The molecule has 13 heavy (non-hydrogen) atoms. The first-order valence-electron chi connectivity index (χ1n) is 4.52.